The minimum absolute atomic E-state index is 0.00411. The van der Waals surface area contributed by atoms with Crippen molar-refractivity contribution in [2.24, 2.45) is 4.99 Å². The number of hydrogen-bond acceptors (Lipinski definition) is 5. The van der Waals surface area contributed by atoms with Crippen molar-refractivity contribution in [1.29, 1.82) is 0 Å². The zero-order valence-corrected chi connectivity index (χ0v) is 14.3. The number of nitro benzene ring substituents is 1. The van der Waals surface area contributed by atoms with E-state index in [1.54, 1.807) is 37.3 Å². The van der Waals surface area contributed by atoms with E-state index in [0.29, 0.717) is 26.7 Å². The summed E-state index contributed by atoms with van der Waals surface area (Å²) in [5.41, 5.74) is 1.37. The predicted octanol–water partition coefficient (Wildman–Crippen LogP) is 4.55. The lowest BCUT2D eigenvalue weighted by Crippen LogP contribution is -2.06. The highest BCUT2D eigenvalue weighted by molar-refractivity contribution is 6.35. The van der Waals surface area contributed by atoms with Gasteiger partial charge in [-0.2, -0.15) is 0 Å². The van der Waals surface area contributed by atoms with Crippen molar-refractivity contribution < 1.29 is 14.5 Å². The number of aliphatic imine (C=N–C) groups is 1. The molecule has 2 aromatic rings. The van der Waals surface area contributed by atoms with Crippen LogP contribution in [0.5, 0.6) is 0 Å². The van der Waals surface area contributed by atoms with E-state index in [9.17, 15) is 14.9 Å². The number of esters is 1. The largest absolute Gasteiger partial charge is 0.402 e. The third-order valence-electron chi connectivity index (χ3n) is 3.53. The molecule has 0 unspecified atom stereocenters. The van der Waals surface area contributed by atoms with E-state index in [2.05, 4.69) is 4.99 Å². The van der Waals surface area contributed by atoms with E-state index < -0.39 is 10.9 Å². The van der Waals surface area contributed by atoms with Crippen LogP contribution in [0, 0.1) is 17.0 Å². The second kappa shape index (κ2) is 6.66. The summed E-state index contributed by atoms with van der Waals surface area (Å²) < 4.78 is 5.12. The van der Waals surface area contributed by atoms with Gasteiger partial charge in [-0.1, -0.05) is 35.3 Å². The molecule has 1 aliphatic heterocycles. The summed E-state index contributed by atoms with van der Waals surface area (Å²) in [6.07, 6.45) is 1.47. The zero-order chi connectivity index (χ0) is 18.1. The van der Waals surface area contributed by atoms with Gasteiger partial charge < -0.3 is 4.74 Å². The van der Waals surface area contributed by atoms with Crippen LogP contribution in [-0.2, 0) is 9.53 Å². The first-order valence-corrected chi connectivity index (χ1v) is 7.84. The molecule has 1 heterocycles. The summed E-state index contributed by atoms with van der Waals surface area (Å²) in [7, 11) is 0. The fourth-order valence-corrected chi connectivity index (χ4v) is 2.70. The third kappa shape index (κ3) is 3.55. The Kier molecular flexibility index (Phi) is 4.57. The number of cyclic esters (lactones) is 1. The first-order valence-electron chi connectivity index (χ1n) is 7.08. The maximum absolute atomic E-state index is 12.0. The average molecular weight is 377 g/mol. The highest BCUT2D eigenvalue weighted by Crippen LogP contribution is 2.27. The highest BCUT2D eigenvalue weighted by atomic mass is 35.5. The number of carbonyl (C=O) groups is 1. The summed E-state index contributed by atoms with van der Waals surface area (Å²) >= 11 is 11.9. The van der Waals surface area contributed by atoms with Gasteiger partial charge in [0.25, 0.3) is 5.69 Å². The second-order valence-corrected chi connectivity index (χ2v) is 6.10. The van der Waals surface area contributed by atoms with Gasteiger partial charge in [0.15, 0.2) is 5.70 Å². The van der Waals surface area contributed by atoms with Gasteiger partial charge in [-0.05, 0) is 36.8 Å². The molecule has 0 saturated heterocycles. The minimum Gasteiger partial charge on any atom is -0.402 e. The van der Waals surface area contributed by atoms with Crippen molar-refractivity contribution in [3.8, 4) is 0 Å². The summed E-state index contributed by atoms with van der Waals surface area (Å²) in [6.45, 7) is 1.62. The van der Waals surface area contributed by atoms with Crippen LogP contribution in [0.3, 0.4) is 0 Å². The SMILES string of the molecule is Cc1ccc(C2=NC(=Cc3ccc(Cl)cc3Cl)C(=O)O2)cc1[N+](=O)[O-]. The molecule has 0 spiro atoms. The Morgan fingerprint density at radius 2 is 1.96 bits per heavy atom. The standard InChI is InChI=1S/C17H10Cl2N2O4/c1-9-2-3-11(7-15(9)21(23)24)16-20-14(17(22)25-16)6-10-4-5-12(18)8-13(10)19/h2-8H,1H3. The number of carbonyl (C=O) groups excluding carboxylic acids is 1. The van der Waals surface area contributed by atoms with Crippen LogP contribution in [0.2, 0.25) is 10.0 Å². The monoisotopic (exact) mass is 376 g/mol. The lowest BCUT2D eigenvalue weighted by Gasteiger charge is -2.01. The molecule has 2 aromatic carbocycles. The maximum atomic E-state index is 12.0. The quantitative estimate of drug-likeness (QED) is 0.340. The fourth-order valence-electron chi connectivity index (χ4n) is 2.24. The lowest BCUT2D eigenvalue weighted by atomic mass is 10.1. The summed E-state index contributed by atoms with van der Waals surface area (Å²) in [5, 5.41) is 11.9. The van der Waals surface area contributed by atoms with Crippen LogP contribution >= 0.6 is 23.2 Å². The van der Waals surface area contributed by atoms with Gasteiger partial charge in [-0.3, -0.25) is 10.1 Å². The Hall–Kier alpha value is -2.70. The molecule has 25 heavy (non-hydrogen) atoms. The molecule has 0 radical (unpaired) electrons. The average Bonchev–Trinajstić information content (AvgIpc) is 2.91. The Bertz CT molecular complexity index is 967. The third-order valence-corrected chi connectivity index (χ3v) is 4.09. The molecule has 1 aliphatic rings. The van der Waals surface area contributed by atoms with E-state index in [1.807, 2.05) is 0 Å². The number of aryl methyl sites for hydroxylation is 1. The van der Waals surface area contributed by atoms with Crippen molar-refractivity contribution in [3.05, 3.63) is 78.9 Å². The predicted molar refractivity (Wildman–Crippen MR) is 94.9 cm³/mol. The number of nitro groups is 1. The van der Waals surface area contributed by atoms with Gasteiger partial charge in [0.05, 0.1) is 4.92 Å². The molecule has 0 atom stereocenters. The van der Waals surface area contributed by atoms with E-state index in [4.69, 9.17) is 27.9 Å². The molecular formula is C17H10Cl2N2O4. The van der Waals surface area contributed by atoms with Gasteiger partial charge in [0.1, 0.15) is 0 Å². The first-order chi connectivity index (χ1) is 11.8. The van der Waals surface area contributed by atoms with E-state index in [0.717, 1.165) is 0 Å². The molecule has 0 aromatic heterocycles. The van der Waals surface area contributed by atoms with Gasteiger partial charge in [-0.25, -0.2) is 9.79 Å². The minimum atomic E-state index is -0.663. The first kappa shape index (κ1) is 17.1. The van der Waals surface area contributed by atoms with Crippen molar-refractivity contribution in [2.45, 2.75) is 6.92 Å². The normalized spacial score (nSPS) is 15.2. The summed E-state index contributed by atoms with van der Waals surface area (Å²) in [4.78, 5) is 26.7. The Labute approximate surface area is 152 Å². The second-order valence-electron chi connectivity index (χ2n) is 5.26. The molecule has 0 saturated carbocycles. The molecular weight excluding hydrogens is 367 g/mol. The summed E-state index contributed by atoms with van der Waals surface area (Å²) in [5.74, 6) is -0.659. The van der Waals surface area contributed by atoms with Gasteiger partial charge in [-0.15, -0.1) is 0 Å². The highest BCUT2D eigenvalue weighted by Gasteiger charge is 2.26. The molecule has 0 aliphatic carbocycles. The van der Waals surface area contributed by atoms with E-state index in [-0.39, 0.29) is 17.3 Å². The summed E-state index contributed by atoms with van der Waals surface area (Å²) in [6, 6.07) is 9.32. The zero-order valence-electron chi connectivity index (χ0n) is 12.8. The Morgan fingerprint density at radius 3 is 2.64 bits per heavy atom. The lowest BCUT2D eigenvalue weighted by molar-refractivity contribution is -0.385. The smallest absolute Gasteiger partial charge is 0.363 e. The Balaban J connectivity index is 1.99. The van der Waals surface area contributed by atoms with Crippen LogP contribution in [0.4, 0.5) is 5.69 Å². The van der Waals surface area contributed by atoms with Crippen molar-refractivity contribution in [3.63, 3.8) is 0 Å². The molecule has 8 heteroatoms. The number of rotatable bonds is 3. The number of halogens is 2. The van der Waals surface area contributed by atoms with Crippen molar-refractivity contribution in [2.75, 3.05) is 0 Å². The van der Waals surface area contributed by atoms with E-state index >= 15 is 0 Å². The van der Waals surface area contributed by atoms with Crippen LogP contribution < -0.4 is 0 Å². The molecule has 0 N–H and O–H groups in total. The fraction of sp³-hybridized carbons (Fsp3) is 0.0588. The number of benzene rings is 2. The van der Waals surface area contributed by atoms with Crippen LogP contribution in [0.1, 0.15) is 16.7 Å². The molecule has 6 nitrogen and oxygen atoms in total. The van der Waals surface area contributed by atoms with Crippen LogP contribution in [-0.4, -0.2) is 16.8 Å². The Morgan fingerprint density at radius 1 is 1.20 bits per heavy atom. The molecule has 0 bridgehead atoms. The maximum Gasteiger partial charge on any atom is 0.363 e. The van der Waals surface area contributed by atoms with Crippen molar-refractivity contribution >= 4 is 46.8 Å². The van der Waals surface area contributed by atoms with Crippen molar-refractivity contribution in [1.82, 2.24) is 0 Å². The van der Waals surface area contributed by atoms with Gasteiger partial charge in [0, 0.05) is 27.2 Å². The number of hydrogen-bond donors (Lipinski definition) is 0. The van der Waals surface area contributed by atoms with Gasteiger partial charge >= 0.3 is 5.97 Å². The molecule has 0 fully saturated rings. The molecule has 3 rings (SSSR count). The van der Waals surface area contributed by atoms with Crippen LogP contribution in [0.15, 0.2) is 47.1 Å². The van der Waals surface area contributed by atoms with Crippen LogP contribution in [0.25, 0.3) is 6.08 Å². The number of nitrogens with zero attached hydrogens (tertiary/aromatic N) is 2. The van der Waals surface area contributed by atoms with E-state index in [1.165, 1.54) is 12.1 Å². The topological polar surface area (TPSA) is 81.8 Å². The molecule has 0 amide bonds. The number of ether oxygens (including phenoxy) is 1. The molecule has 126 valence electrons. The van der Waals surface area contributed by atoms with Gasteiger partial charge in [0.2, 0.25) is 5.90 Å².